The van der Waals surface area contributed by atoms with Crippen molar-refractivity contribution in [2.75, 3.05) is 13.2 Å². The highest BCUT2D eigenvalue weighted by molar-refractivity contribution is 5.87. The average Bonchev–Trinajstić information content (AvgIpc) is 2.75. The highest BCUT2D eigenvalue weighted by Crippen LogP contribution is 2.62. The van der Waals surface area contributed by atoms with E-state index in [1.165, 1.54) is 44.1 Å². The van der Waals surface area contributed by atoms with E-state index in [4.69, 9.17) is 9.84 Å². The van der Waals surface area contributed by atoms with Crippen LogP contribution < -0.4 is 4.74 Å². The number of aliphatic hydroxyl groups excluding tert-OH is 1. The molecule has 6 rings (SSSR count). The van der Waals surface area contributed by atoms with Crippen LogP contribution in [0.1, 0.15) is 49.7 Å². The molecule has 0 unspecified atom stereocenters. The molecule has 2 N–H and O–H groups in total. The van der Waals surface area contributed by atoms with Crippen LogP contribution >= 0.6 is 0 Å². The number of aliphatic hydroxyl groups is 1. The van der Waals surface area contributed by atoms with E-state index in [1.807, 2.05) is 24.3 Å². The minimum Gasteiger partial charge on any atom is -0.491 e. The number of aliphatic carboxylic acids is 1. The lowest BCUT2D eigenvalue weighted by Gasteiger charge is -2.57. The highest BCUT2D eigenvalue weighted by Gasteiger charge is 2.52. The van der Waals surface area contributed by atoms with Gasteiger partial charge in [-0.2, -0.15) is 0 Å². The fraction of sp³-hybridized carbons (Fsp3) is 0.444. The fourth-order valence-corrected chi connectivity index (χ4v) is 6.72. The lowest BCUT2D eigenvalue weighted by atomic mass is 9.48. The third-order valence-electron chi connectivity index (χ3n) is 7.47. The molecule has 4 heteroatoms. The number of ether oxygens (including phenoxy) is 1. The zero-order valence-corrected chi connectivity index (χ0v) is 17.6. The van der Waals surface area contributed by atoms with Gasteiger partial charge in [-0.05, 0) is 97.1 Å². The van der Waals surface area contributed by atoms with Crippen molar-refractivity contribution in [1.82, 2.24) is 0 Å². The molecule has 0 spiro atoms. The molecule has 4 fully saturated rings. The second-order valence-electron chi connectivity index (χ2n) is 9.61. The van der Waals surface area contributed by atoms with Crippen LogP contribution in [0.4, 0.5) is 0 Å². The largest absolute Gasteiger partial charge is 0.491 e. The van der Waals surface area contributed by atoms with Gasteiger partial charge in [0.2, 0.25) is 0 Å². The number of benzene rings is 2. The number of rotatable bonds is 5. The summed E-state index contributed by atoms with van der Waals surface area (Å²) >= 11 is 0. The van der Waals surface area contributed by atoms with Gasteiger partial charge in [-0.25, -0.2) is 4.79 Å². The lowest BCUT2D eigenvalue weighted by Crippen LogP contribution is -2.48. The first-order valence-electron chi connectivity index (χ1n) is 11.3. The Morgan fingerprint density at radius 2 is 1.58 bits per heavy atom. The molecule has 2 aromatic carbocycles. The maximum atomic E-state index is 10.7. The van der Waals surface area contributed by atoms with Gasteiger partial charge < -0.3 is 14.9 Å². The van der Waals surface area contributed by atoms with E-state index in [9.17, 15) is 9.90 Å². The van der Waals surface area contributed by atoms with E-state index in [-0.39, 0.29) is 12.0 Å². The monoisotopic (exact) mass is 416 g/mol. The van der Waals surface area contributed by atoms with Crippen LogP contribution in [0.3, 0.4) is 0 Å². The van der Waals surface area contributed by atoms with Crippen molar-refractivity contribution in [3.05, 3.63) is 53.6 Å². The Morgan fingerprint density at radius 3 is 2.16 bits per heavy atom. The Hall–Kier alpha value is -2.77. The van der Waals surface area contributed by atoms with Crippen molar-refractivity contribution in [3.63, 3.8) is 0 Å². The summed E-state index contributed by atoms with van der Waals surface area (Å²) in [7, 11) is 0. The topological polar surface area (TPSA) is 66.8 Å². The third kappa shape index (κ3) is 3.95. The molecule has 0 aliphatic heterocycles. The summed E-state index contributed by atoms with van der Waals surface area (Å²) in [6, 6.07) is 14.2. The minimum atomic E-state index is -1.12. The van der Waals surface area contributed by atoms with Gasteiger partial charge in [-0.3, -0.25) is 0 Å². The smallest absolute Gasteiger partial charge is 0.382 e. The zero-order chi connectivity index (χ0) is 21.4. The van der Waals surface area contributed by atoms with Gasteiger partial charge in [0, 0.05) is 17.0 Å². The summed E-state index contributed by atoms with van der Waals surface area (Å²) in [4.78, 5) is 10.7. The van der Waals surface area contributed by atoms with Crippen molar-refractivity contribution < 1.29 is 19.7 Å². The van der Waals surface area contributed by atoms with Gasteiger partial charge in [0.05, 0.1) is 6.61 Å². The Bertz CT molecular complexity index is 1010. The number of hydrogen-bond acceptors (Lipinski definition) is 3. The summed E-state index contributed by atoms with van der Waals surface area (Å²) in [6.07, 6.45) is 7.94. The minimum absolute atomic E-state index is 0.0148. The van der Waals surface area contributed by atoms with E-state index < -0.39 is 5.97 Å². The molecule has 2 aromatic rings. The fourth-order valence-electron chi connectivity index (χ4n) is 6.72. The first-order valence-corrected chi connectivity index (χ1v) is 11.3. The van der Waals surface area contributed by atoms with E-state index in [0.29, 0.717) is 12.2 Å². The molecule has 4 aliphatic rings. The van der Waals surface area contributed by atoms with Crippen LogP contribution in [0.25, 0.3) is 11.1 Å². The summed E-state index contributed by atoms with van der Waals surface area (Å²) in [5.74, 6) is 7.14. The van der Waals surface area contributed by atoms with Crippen LogP contribution in [0.15, 0.2) is 42.5 Å². The van der Waals surface area contributed by atoms with Crippen molar-refractivity contribution >= 4 is 5.97 Å². The summed E-state index contributed by atoms with van der Waals surface area (Å²) in [6.45, 7) is 0.330. The van der Waals surface area contributed by atoms with Crippen molar-refractivity contribution in [1.29, 1.82) is 0 Å². The van der Waals surface area contributed by atoms with Gasteiger partial charge in [-0.15, -0.1) is 0 Å². The first kappa shape index (κ1) is 20.2. The average molecular weight is 417 g/mol. The Balaban J connectivity index is 1.51. The van der Waals surface area contributed by atoms with Gasteiger partial charge >= 0.3 is 5.97 Å². The lowest BCUT2D eigenvalue weighted by molar-refractivity contribution is -0.130. The predicted molar refractivity (Wildman–Crippen MR) is 119 cm³/mol. The van der Waals surface area contributed by atoms with Crippen molar-refractivity contribution in [2.45, 2.75) is 43.9 Å². The molecule has 31 heavy (non-hydrogen) atoms. The van der Waals surface area contributed by atoms with Gasteiger partial charge in [-0.1, -0.05) is 24.1 Å². The molecule has 0 saturated heterocycles. The molecular weight excluding hydrogens is 388 g/mol. The maximum absolute atomic E-state index is 10.7. The zero-order valence-electron chi connectivity index (χ0n) is 17.6. The van der Waals surface area contributed by atoms with E-state index in [2.05, 4.69) is 30.0 Å². The summed E-state index contributed by atoms with van der Waals surface area (Å²) in [5, 5.41) is 18.1. The Morgan fingerprint density at radius 1 is 0.968 bits per heavy atom. The summed E-state index contributed by atoms with van der Waals surface area (Å²) in [5.41, 5.74) is 4.42. The molecule has 0 atom stereocenters. The predicted octanol–water partition coefficient (Wildman–Crippen LogP) is 4.63. The third-order valence-corrected chi connectivity index (χ3v) is 7.47. The second kappa shape index (κ2) is 8.05. The number of carboxylic acid groups (broad SMARTS) is 1. The SMILES string of the molecule is O=C(O)C#Cc1ccc(-c2ccc(OCCO)c(C34CC5CC(CC(C5)C3)C4)c2)cc1. The molecule has 0 amide bonds. The molecule has 4 saturated carbocycles. The molecule has 4 bridgehead atoms. The van der Waals surface area contributed by atoms with Crippen molar-refractivity contribution in [3.8, 4) is 28.7 Å². The Kier molecular flexibility index (Phi) is 5.24. The van der Waals surface area contributed by atoms with Crippen LogP contribution in [-0.4, -0.2) is 29.4 Å². The van der Waals surface area contributed by atoms with E-state index >= 15 is 0 Å². The quantitative estimate of drug-likeness (QED) is 0.698. The summed E-state index contributed by atoms with van der Waals surface area (Å²) < 4.78 is 6.02. The molecule has 160 valence electrons. The van der Waals surface area contributed by atoms with Crippen LogP contribution in [0.2, 0.25) is 0 Å². The molecule has 0 aromatic heterocycles. The Labute approximate surface area is 183 Å². The molecular formula is C27H28O4. The van der Waals surface area contributed by atoms with Crippen molar-refractivity contribution in [2.24, 2.45) is 17.8 Å². The van der Waals surface area contributed by atoms with E-state index in [1.54, 1.807) is 0 Å². The second-order valence-corrected chi connectivity index (χ2v) is 9.61. The molecule has 4 nitrogen and oxygen atoms in total. The van der Waals surface area contributed by atoms with Gasteiger partial charge in [0.25, 0.3) is 0 Å². The van der Waals surface area contributed by atoms with Gasteiger partial charge in [0.15, 0.2) is 0 Å². The van der Waals surface area contributed by atoms with E-state index in [0.717, 1.165) is 34.6 Å². The number of hydrogen-bond donors (Lipinski definition) is 2. The maximum Gasteiger partial charge on any atom is 0.382 e. The normalized spacial score (nSPS) is 28.1. The molecule has 4 aliphatic carbocycles. The molecule has 0 heterocycles. The standard InChI is InChI=1S/C27H28O4/c28-9-10-31-25-7-6-23(22-4-1-18(2-5-22)3-8-26(29)30)14-24(25)27-15-19-11-20(16-27)13-21(12-19)17-27/h1-2,4-7,14,19-21,28H,9-13,15-17H2,(H,29,30). The van der Waals surface area contributed by atoms with Crippen LogP contribution in [-0.2, 0) is 10.2 Å². The highest BCUT2D eigenvalue weighted by atomic mass is 16.5. The first-order chi connectivity index (χ1) is 15.0. The van der Waals surface area contributed by atoms with Gasteiger partial charge in [0.1, 0.15) is 12.4 Å². The molecule has 0 radical (unpaired) electrons. The number of carboxylic acids is 1. The van der Waals surface area contributed by atoms with Crippen LogP contribution in [0, 0.1) is 29.6 Å². The van der Waals surface area contributed by atoms with Crippen LogP contribution in [0.5, 0.6) is 5.75 Å². The number of carbonyl (C=O) groups is 1.